The normalized spacial score (nSPS) is 10.8. The van der Waals surface area contributed by atoms with Crippen molar-refractivity contribution < 1.29 is 24.0 Å². The number of benzene rings is 1. The molecular weight excluding hydrogens is 402 g/mol. The van der Waals surface area contributed by atoms with Gasteiger partial charge in [-0.1, -0.05) is 26.8 Å². The van der Waals surface area contributed by atoms with Gasteiger partial charge in [-0.25, -0.2) is 4.79 Å². The lowest BCUT2D eigenvalue weighted by Gasteiger charge is -2.19. The first-order valence-corrected chi connectivity index (χ1v) is 10.5. The van der Waals surface area contributed by atoms with Gasteiger partial charge in [0.25, 0.3) is 5.69 Å². The summed E-state index contributed by atoms with van der Waals surface area (Å²) in [5, 5.41) is 14.1. The second-order valence-corrected chi connectivity index (χ2v) is 7.73. The first-order valence-electron chi connectivity index (χ1n) is 10.5. The Morgan fingerprint density at radius 3 is 2.13 bits per heavy atom. The van der Waals surface area contributed by atoms with E-state index in [9.17, 15) is 19.7 Å². The molecule has 0 saturated carbocycles. The van der Waals surface area contributed by atoms with Crippen molar-refractivity contribution in [3.05, 3.63) is 39.4 Å². The number of rotatable bonds is 10. The van der Waals surface area contributed by atoms with E-state index in [4.69, 9.17) is 4.74 Å². The molecule has 1 rings (SSSR count). The van der Waals surface area contributed by atoms with E-state index in [-0.39, 0.29) is 23.6 Å². The van der Waals surface area contributed by atoms with Gasteiger partial charge >= 0.3 is 11.9 Å². The van der Waals surface area contributed by atoms with Crippen molar-refractivity contribution in [3.8, 4) is 0 Å². The highest BCUT2D eigenvalue weighted by atomic mass is 16.6. The highest BCUT2D eigenvalue weighted by Gasteiger charge is 2.21. The smallest absolute Gasteiger partial charge is 0.344 e. The molecule has 9 heteroatoms. The number of ether oxygens (including phenoxy) is 2. The van der Waals surface area contributed by atoms with Crippen LogP contribution in [0.3, 0.4) is 0 Å². The van der Waals surface area contributed by atoms with Gasteiger partial charge < -0.3 is 19.7 Å². The summed E-state index contributed by atoms with van der Waals surface area (Å²) >= 11 is 0. The van der Waals surface area contributed by atoms with Crippen LogP contribution in [0.25, 0.3) is 0 Å². The van der Waals surface area contributed by atoms with Crippen LogP contribution in [0.2, 0.25) is 0 Å². The van der Waals surface area contributed by atoms with Crippen LogP contribution in [0.1, 0.15) is 63.9 Å². The van der Waals surface area contributed by atoms with E-state index >= 15 is 0 Å². The third-order valence-corrected chi connectivity index (χ3v) is 4.26. The molecule has 31 heavy (non-hydrogen) atoms. The second kappa shape index (κ2) is 14.5. The molecule has 0 aliphatic rings. The van der Waals surface area contributed by atoms with Gasteiger partial charge in [0.1, 0.15) is 11.2 Å². The van der Waals surface area contributed by atoms with Crippen molar-refractivity contribution in [3.63, 3.8) is 0 Å². The highest BCUT2D eigenvalue weighted by molar-refractivity contribution is 5.93. The van der Waals surface area contributed by atoms with E-state index in [0.717, 1.165) is 7.11 Å². The fraction of sp³-hybridized carbons (Fsp3) is 0.636. The number of hydrogen-bond donors (Lipinski definition) is 1. The molecule has 0 atom stereocenters. The summed E-state index contributed by atoms with van der Waals surface area (Å²) in [6.45, 7) is 16.2. The molecule has 1 N–H and O–H groups in total. The summed E-state index contributed by atoms with van der Waals surface area (Å²) in [6, 6.07) is 4.27. The molecule has 0 saturated heterocycles. The maximum atomic E-state index is 11.6. The van der Waals surface area contributed by atoms with Gasteiger partial charge in [0, 0.05) is 19.2 Å². The number of esters is 2. The number of carbonyl (C=O) groups excluding carboxylic acids is 2. The lowest BCUT2D eigenvalue weighted by atomic mass is 10.1. The van der Waals surface area contributed by atoms with Crippen LogP contribution in [0, 0.1) is 10.1 Å². The fourth-order valence-electron chi connectivity index (χ4n) is 2.61. The zero-order chi connectivity index (χ0) is 24.0. The van der Waals surface area contributed by atoms with E-state index in [1.54, 1.807) is 26.8 Å². The third-order valence-electron chi connectivity index (χ3n) is 4.26. The number of hydrogen-bond acceptors (Lipinski definition) is 8. The average molecular weight is 440 g/mol. The predicted molar refractivity (Wildman–Crippen MR) is 120 cm³/mol. The number of nitro benzene ring substituents is 1. The Bertz CT molecular complexity index is 706. The van der Waals surface area contributed by atoms with Gasteiger partial charge in [-0.3, -0.25) is 14.9 Å². The molecule has 0 amide bonds. The molecule has 0 heterocycles. The van der Waals surface area contributed by atoms with Crippen LogP contribution in [0.5, 0.6) is 0 Å². The molecule has 1 aromatic rings. The van der Waals surface area contributed by atoms with Crippen molar-refractivity contribution in [1.82, 2.24) is 10.2 Å². The fourth-order valence-corrected chi connectivity index (χ4v) is 2.61. The molecule has 176 valence electrons. The lowest BCUT2D eigenvalue weighted by molar-refractivity contribution is -0.385. The quantitative estimate of drug-likeness (QED) is 0.255. The second-order valence-electron chi connectivity index (χ2n) is 7.73. The molecular formula is C22H37N3O6. The largest absolute Gasteiger partial charge is 0.465 e. The topological polar surface area (TPSA) is 111 Å². The van der Waals surface area contributed by atoms with Crippen LogP contribution in [-0.2, 0) is 20.8 Å². The van der Waals surface area contributed by atoms with Crippen LogP contribution < -0.4 is 5.32 Å². The highest BCUT2D eigenvalue weighted by Crippen LogP contribution is 2.21. The summed E-state index contributed by atoms with van der Waals surface area (Å²) in [6.07, 6.45) is 0.194. The molecule has 0 aromatic heterocycles. The summed E-state index contributed by atoms with van der Waals surface area (Å²) in [5.74, 6) is -1.08. The molecule has 9 nitrogen and oxygen atoms in total. The predicted octanol–water partition coefficient (Wildman–Crippen LogP) is 3.55. The minimum Gasteiger partial charge on any atom is -0.465 e. The lowest BCUT2D eigenvalue weighted by Crippen LogP contribution is -2.26. The molecule has 0 aliphatic carbocycles. The Balaban J connectivity index is 0.00000110. The Morgan fingerprint density at radius 2 is 1.71 bits per heavy atom. The van der Waals surface area contributed by atoms with Gasteiger partial charge in [0.15, 0.2) is 0 Å². The van der Waals surface area contributed by atoms with Crippen molar-refractivity contribution in [2.75, 3.05) is 33.3 Å². The zero-order valence-corrected chi connectivity index (χ0v) is 19.8. The number of carbonyl (C=O) groups is 2. The minimum absolute atomic E-state index is 0.0972. The van der Waals surface area contributed by atoms with E-state index < -0.39 is 16.5 Å². The molecule has 0 spiro atoms. The number of methoxy groups -OCH3 is 1. The first-order chi connectivity index (χ1) is 14.5. The Morgan fingerprint density at radius 1 is 1.13 bits per heavy atom. The molecule has 1 aromatic carbocycles. The van der Waals surface area contributed by atoms with E-state index in [0.29, 0.717) is 18.7 Å². The molecule has 0 aliphatic heterocycles. The maximum Gasteiger partial charge on any atom is 0.344 e. The van der Waals surface area contributed by atoms with Crippen LogP contribution in [0.4, 0.5) is 5.69 Å². The van der Waals surface area contributed by atoms with Crippen molar-refractivity contribution in [2.24, 2.45) is 0 Å². The standard InChI is InChI=1S/C16H22N2O6.C6H15N/c1-16(2,3)24-14(19)7-8-17-10-11-5-6-12(15(20)23-4)13(9-11)18(21)22;1-4-7(5-2)6-3/h5-6,9,17H,7-8,10H2,1-4H3;4-6H2,1-3H3. The minimum atomic E-state index is -0.758. The average Bonchev–Trinajstić information content (AvgIpc) is 2.71. The van der Waals surface area contributed by atoms with Crippen LogP contribution >= 0.6 is 0 Å². The van der Waals surface area contributed by atoms with E-state index in [1.165, 1.54) is 31.8 Å². The summed E-state index contributed by atoms with van der Waals surface area (Å²) in [7, 11) is 1.16. The zero-order valence-electron chi connectivity index (χ0n) is 19.8. The third kappa shape index (κ3) is 12.0. The van der Waals surface area contributed by atoms with Gasteiger partial charge in [-0.2, -0.15) is 0 Å². The Kier molecular flexibility index (Phi) is 13.3. The monoisotopic (exact) mass is 439 g/mol. The van der Waals surface area contributed by atoms with Gasteiger partial charge in [-0.05, 0) is 52.0 Å². The van der Waals surface area contributed by atoms with E-state index in [1.807, 2.05) is 0 Å². The molecule has 0 radical (unpaired) electrons. The van der Waals surface area contributed by atoms with Crippen molar-refractivity contribution >= 4 is 17.6 Å². The van der Waals surface area contributed by atoms with Crippen LogP contribution in [-0.4, -0.2) is 60.7 Å². The Labute approximate surface area is 185 Å². The van der Waals surface area contributed by atoms with Gasteiger partial charge in [0.2, 0.25) is 0 Å². The number of nitro groups is 1. The van der Waals surface area contributed by atoms with Gasteiger partial charge in [-0.15, -0.1) is 0 Å². The van der Waals surface area contributed by atoms with Crippen LogP contribution in [0.15, 0.2) is 18.2 Å². The SMILES string of the molecule is CCN(CC)CC.COC(=O)c1ccc(CNCCC(=O)OC(C)(C)C)cc1[N+](=O)[O-]. The summed E-state index contributed by atoms with van der Waals surface area (Å²) in [4.78, 5) is 35.9. The van der Waals surface area contributed by atoms with Crippen molar-refractivity contribution in [1.29, 1.82) is 0 Å². The summed E-state index contributed by atoms with van der Waals surface area (Å²) in [5.41, 5.74) is -0.312. The first kappa shape index (κ1) is 28.5. The molecule has 0 fully saturated rings. The molecule has 0 unspecified atom stereocenters. The number of nitrogens with zero attached hydrogens (tertiary/aromatic N) is 2. The number of nitrogens with one attached hydrogen (secondary N) is 1. The van der Waals surface area contributed by atoms with Gasteiger partial charge in [0.05, 0.1) is 18.5 Å². The Hall–Kier alpha value is -2.52. The molecule has 0 bridgehead atoms. The summed E-state index contributed by atoms with van der Waals surface area (Å²) < 4.78 is 9.70. The van der Waals surface area contributed by atoms with Crippen molar-refractivity contribution in [2.45, 2.75) is 60.1 Å². The maximum absolute atomic E-state index is 11.6. The van der Waals surface area contributed by atoms with E-state index in [2.05, 4.69) is 35.7 Å².